The van der Waals surface area contributed by atoms with E-state index in [1.165, 1.54) is 17.0 Å². The number of benzene rings is 2. The summed E-state index contributed by atoms with van der Waals surface area (Å²) in [6, 6.07) is 11.1. The van der Waals surface area contributed by atoms with Gasteiger partial charge in [0.25, 0.3) is 0 Å². The zero-order chi connectivity index (χ0) is 17.4. The summed E-state index contributed by atoms with van der Waals surface area (Å²) in [6.07, 6.45) is 1.72. The van der Waals surface area contributed by atoms with E-state index in [-0.39, 0.29) is 30.6 Å². The maximum absolute atomic E-state index is 13.0. The van der Waals surface area contributed by atoms with Gasteiger partial charge in [0.1, 0.15) is 5.82 Å². The van der Waals surface area contributed by atoms with Crippen molar-refractivity contribution in [3.05, 3.63) is 54.6 Å². The van der Waals surface area contributed by atoms with Crippen LogP contribution in [0.5, 0.6) is 0 Å². The van der Waals surface area contributed by atoms with Crippen molar-refractivity contribution < 1.29 is 14.0 Å². The van der Waals surface area contributed by atoms with Crippen molar-refractivity contribution in [1.82, 2.24) is 9.97 Å². The Balaban J connectivity index is 1.47. The SMILES string of the molecule is O=C(Nc1ccc2nc[nH]c2c1)[C@H]1CC(=O)N(c2ccc(F)cc2)C1. The van der Waals surface area contributed by atoms with Crippen LogP contribution in [0.2, 0.25) is 0 Å². The third kappa shape index (κ3) is 2.96. The van der Waals surface area contributed by atoms with Gasteiger partial charge in [0.05, 0.1) is 23.3 Å². The maximum Gasteiger partial charge on any atom is 0.229 e. The van der Waals surface area contributed by atoms with Crippen LogP contribution in [0.3, 0.4) is 0 Å². The molecule has 1 aliphatic heterocycles. The van der Waals surface area contributed by atoms with Crippen LogP contribution in [0.1, 0.15) is 6.42 Å². The predicted octanol–water partition coefficient (Wildman–Crippen LogP) is 2.69. The highest BCUT2D eigenvalue weighted by Gasteiger charge is 2.35. The van der Waals surface area contributed by atoms with Crippen LogP contribution >= 0.6 is 0 Å². The molecule has 2 amide bonds. The molecule has 2 N–H and O–H groups in total. The number of carbonyl (C=O) groups excluding carboxylic acids is 2. The Kier molecular flexibility index (Phi) is 3.68. The standard InChI is InChI=1S/C18H15FN4O2/c19-12-1-4-14(5-2-12)23-9-11(7-17(23)24)18(25)22-13-3-6-15-16(8-13)21-10-20-15/h1-6,8,10-11H,7,9H2,(H,20,21)(H,22,25)/t11-/m0/s1. The van der Waals surface area contributed by atoms with Gasteiger partial charge in [-0.3, -0.25) is 9.59 Å². The van der Waals surface area contributed by atoms with Crippen LogP contribution in [0.25, 0.3) is 11.0 Å². The van der Waals surface area contributed by atoms with Gasteiger partial charge in [0.15, 0.2) is 0 Å². The fourth-order valence-corrected chi connectivity index (χ4v) is 3.01. The predicted molar refractivity (Wildman–Crippen MR) is 91.6 cm³/mol. The van der Waals surface area contributed by atoms with Crippen LogP contribution < -0.4 is 10.2 Å². The minimum atomic E-state index is -0.449. The number of carbonyl (C=O) groups is 2. The highest BCUT2D eigenvalue weighted by molar-refractivity contribution is 6.03. The molecule has 25 heavy (non-hydrogen) atoms. The van der Waals surface area contributed by atoms with Gasteiger partial charge >= 0.3 is 0 Å². The van der Waals surface area contributed by atoms with Crippen LogP contribution in [-0.2, 0) is 9.59 Å². The Morgan fingerprint density at radius 3 is 2.84 bits per heavy atom. The first-order valence-corrected chi connectivity index (χ1v) is 7.90. The van der Waals surface area contributed by atoms with E-state index in [1.807, 2.05) is 6.07 Å². The van der Waals surface area contributed by atoms with Gasteiger partial charge in [-0.05, 0) is 42.5 Å². The monoisotopic (exact) mass is 338 g/mol. The van der Waals surface area contributed by atoms with Gasteiger partial charge in [-0.2, -0.15) is 0 Å². The summed E-state index contributed by atoms with van der Waals surface area (Å²) in [7, 11) is 0. The Hall–Kier alpha value is -3.22. The lowest BCUT2D eigenvalue weighted by Crippen LogP contribution is -2.28. The van der Waals surface area contributed by atoms with Crippen molar-refractivity contribution in [2.24, 2.45) is 5.92 Å². The lowest BCUT2D eigenvalue weighted by atomic mass is 10.1. The number of anilines is 2. The van der Waals surface area contributed by atoms with Crippen LogP contribution in [0, 0.1) is 11.7 Å². The Bertz CT molecular complexity index is 951. The van der Waals surface area contributed by atoms with E-state index in [0.717, 1.165) is 11.0 Å². The number of nitrogens with one attached hydrogen (secondary N) is 2. The van der Waals surface area contributed by atoms with E-state index in [1.54, 1.807) is 30.6 Å². The second kappa shape index (κ2) is 6.01. The molecular weight excluding hydrogens is 323 g/mol. The van der Waals surface area contributed by atoms with Crippen molar-refractivity contribution in [3.8, 4) is 0 Å². The number of aromatic amines is 1. The van der Waals surface area contributed by atoms with Gasteiger partial charge in [-0.25, -0.2) is 9.37 Å². The average molecular weight is 338 g/mol. The summed E-state index contributed by atoms with van der Waals surface area (Å²) in [4.78, 5) is 33.3. The van der Waals surface area contributed by atoms with Crippen LogP contribution in [-0.4, -0.2) is 28.3 Å². The summed E-state index contributed by atoms with van der Waals surface area (Å²) in [5.74, 6) is -1.17. The molecule has 1 aromatic heterocycles. The molecule has 1 atom stereocenters. The zero-order valence-electron chi connectivity index (χ0n) is 13.2. The second-order valence-corrected chi connectivity index (χ2v) is 6.01. The van der Waals surface area contributed by atoms with Gasteiger partial charge < -0.3 is 15.2 Å². The lowest BCUT2D eigenvalue weighted by molar-refractivity contribution is -0.122. The number of rotatable bonds is 3. The lowest BCUT2D eigenvalue weighted by Gasteiger charge is -2.16. The van der Waals surface area contributed by atoms with Crippen molar-refractivity contribution in [1.29, 1.82) is 0 Å². The first-order valence-electron chi connectivity index (χ1n) is 7.90. The Morgan fingerprint density at radius 2 is 2.04 bits per heavy atom. The fourth-order valence-electron chi connectivity index (χ4n) is 3.01. The molecule has 0 saturated carbocycles. The molecule has 1 aliphatic rings. The molecule has 2 heterocycles. The minimum Gasteiger partial charge on any atom is -0.345 e. The highest BCUT2D eigenvalue weighted by atomic mass is 19.1. The molecule has 0 spiro atoms. The number of nitrogens with zero attached hydrogens (tertiary/aromatic N) is 2. The number of hydrogen-bond acceptors (Lipinski definition) is 3. The van der Waals surface area contributed by atoms with Gasteiger partial charge in [-0.1, -0.05) is 0 Å². The summed E-state index contributed by atoms with van der Waals surface area (Å²) in [5, 5.41) is 2.84. The smallest absolute Gasteiger partial charge is 0.229 e. The van der Waals surface area contributed by atoms with E-state index in [0.29, 0.717) is 11.4 Å². The fraction of sp³-hybridized carbons (Fsp3) is 0.167. The first kappa shape index (κ1) is 15.3. The van der Waals surface area contributed by atoms with E-state index >= 15 is 0 Å². The molecule has 0 bridgehead atoms. The Morgan fingerprint density at radius 1 is 1.24 bits per heavy atom. The molecule has 3 aromatic rings. The van der Waals surface area contributed by atoms with E-state index in [9.17, 15) is 14.0 Å². The second-order valence-electron chi connectivity index (χ2n) is 6.01. The van der Waals surface area contributed by atoms with Crippen LogP contribution in [0.4, 0.5) is 15.8 Å². The van der Waals surface area contributed by atoms with Gasteiger partial charge in [0, 0.05) is 24.3 Å². The third-order valence-corrected chi connectivity index (χ3v) is 4.32. The molecule has 7 heteroatoms. The zero-order valence-corrected chi connectivity index (χ0v) is 13.2. The third-order valence-electron chi connectivity index (χ3n) is 4.32. The molecule has 126 valence electrons. The van der Waals surface area contributed by atoms with E-state index in [2.05, 4.69) is 15.3 Å². The number of halogens is 1. The molecule has 0 unspecified atom stereocenters. The normalized spacial score (nSPS) is 17.2. The summed E-state index contributed by atoms with van der Waals surface area (Å²) in [6.45, 7) is 0.280. The molecule has 2 aromatic carbocycles. The minimum absolute atomic E-state index is 0.134. The van der Waals surface area contributed by atoms with Gasteiger partial charge in [-0.15, -0.1) is 0 Å². The first-order chi connectivity index (χ1) is 12.1. The largest absolute Gasteiger partial charge is 0.345 e. The summed E-state index contributed by atoms with van der Waals surface area (Å²) in [5.41, 5.74) is 2.89. The van der Waals surface area contributed by atoms with Crippen molar-refractivity contribution in [2.45, 2.75) is 6.42 Å². The molecule has 4 rings (SSSR count). The van der Waals surface area contributed by atoms with Crippen LogP contribution in [0.15, 0.2) is 48.8 Å². The molecule has 6 nitrogen and oxygen atoms in total. The van der Waals surface area contributed by atoms with Crippen molar-refractivity contribution in [2.75, 3.05) is 16.8 Å². The molecule has 0 radical (unpaired) electrons. The molecule has 1 fully saturated rings. The number of hydrogen-bond donors (Lipinski definition) is 2. The Labute approximate surface area is 142 Å². The molecular formula is C18H15FN4O2. The molecule has 0 aliphatic carbocycles. The summed E-state index contributed by atoms with van der Waals surface area (Å²) >= 11 is 0. The number of aromatic nitrogens is 2. The number of imidazole rings is 1. The van der Waals surface area contributed by atoms with Crippen molar-refractivity contribution >= 4 is 34.2 Å². The highest BCUT2D eigenvalue weighted by Crippen LogP contribution is 2.26. The van der Waals surface area contributed by atoms with Crippen molar-refractivity contribution in [3.63, 3.8) is 0 Å². The quantitative estimate of drug-likeness (QED) is 0.771. The summed E-state index contributed by atoms with van der Waals surface area (Å²) < 4.78 is 13.0. The van der Waals surface area contributed by atoms with E-state index < -0.39 is 5.92 Å². The number of H-pyrrole nitrogens is 1. The van der Waals surface area contributed by atoms with E-state index in [4.69, 9.17) is 0 Å². The molecule has 1 saturated heterocycles. The topological polar surface area (TPSA) is 78.1 Å². The average Bonchev–Trinajstić information content (AvgIpc) is 3.22. The number of amides is 2. The van der Waals surface area contributed by atoms with Gasteiger partial charge in [0.2, 0.25) is 11.8 Å². The maximum atomic E-state index is 13.0. The number of fused-ring (bicyclic) bond motifs is 1.